The van der Waals surface area contributed by atoms with Gasteiger partial charge in [-0.05, 0) is 44.4 Å². The van der Waals surface area contributed by atoms with Crippen molar-refractivity contribution in [2.75, 3.05) is 13.7 Å². The number of nitrogens with one attached hydrogen (secondary N) is 1. The first kappa shape index (κ1) is 13.5. The summed E-state index contributed by atoms with van der Waals surface area (Å²) in [6.45, 7) is 3.04. The molecule has 1 atom stereocenters. The minimum absolute atomic E-state index is 0.190. The van der Waals surface area contributed by atoms with Gasteiger partial charge in [-0.25, -0.2) is 0 Å². The SMILES string of the molecule is COc1c(Cl)cc(C)c(CC2CCCCN2)c1O. The molecule has 0 radical (unpaired) electrons. The van der Waals surface area contributed by atoms with Gasteiger partial charge in [0.25, 0.3) is 0 Å². The maximum Gasteiger partial charge on any atom is 0.179 e. The fourth-order valence-electron chi connectivity index (χ4n) is 2.58. The van der Waals surface area contributed by atoms with Crippen molar-refractivity contribution >= 4 is 11.6 Å². The van der Waals surface area contributed by atoms with Crippen molar-refractivity contribution in [3.63, 3.8) is 0 Å². The van der Waals surface area contributed by atoms with E-state index in [9.17, 15) is 5.11 Å². The number of hydrogen-bond acceptors (Lipinski definition) is 3. The van der Waals surface area contributed by atoms with Crippen molar-refractivity contribution in [3.8, 4) is 11.5 Å². The number of aryl methyl sites for hydroxylation is 1. The maximum atomic E-state index is 10.2. The zero-order valence-electron chi connectivity index (χ0n) is 10.9. The first-order chi connectivity index (χ1) is 8.63. The lowest BCUT2D eigenvalue weighted by Gasteiger charge is -2.25. The molecule has 2 N–H and O–H groups in total. The molecular weight excluding hydrogens is 250 g/mol. The second kappa shape index (κ2) is 5.81. The standard InChI is InChI=1S/C14H20ClNO2/c1-9-7-12(15)14(18-2)13(17)11(9)8-10-5-3-4-6-16-10/h7,10,16-17H,3-6,8H2,1-2H3. The van der Waals surface area contributed by atoms with Crippen LogP contribution >= 0.6 is 11.6 Å². The summed E-state index contributed by atoms with van der Waals surface area (Å²) in [7, 11) is 1.53. The van der Waals surface area contributed by atoms with Crippen molar-refractivity contribution in [2.24, 2.45) is 0 Å². The molecule has 4 heteroatoms. The topological polar surface area (TPSA) is 41.5 Å². The lowest BCUT2D eigenvalue weighted by Crippen LogP contribution is -2.35. The van der Waals surface area contributed by atoms with E-state index in [4.69, 9.17) is 16.3 Å². The highest BCUT2D eigenvalue weighted by Crippen LogP contribution is 2.39. The molecule has 1 heterocycles. The Morgan fingerprint density at radius 1 is 1.50 bits per heavy atom. The highest BCUT2D eigenvalue weighted by atomic mass is 35.5. The fraction of sp³-hybridized carbons (Fsp3) is 0.571. The Kier molecular flexibility index (Phi) is 4.36. The molecular formula is C14H20ClNO2. The Balaban J connectivity index is 2.26. The van der Waals surface area contributed by atoms with E-state index in [2.05, 4.69) is 5.32 Å². The van der Waals surface area contributed by atoms with Crippen molar-refractivity contribution < 1.29 is 9.84 Å². The molecule has 2 rings (SSSR count). The molecule has 1 saturated heterocycles. The first-order valence-electron chi connectivity index (χ1n) is 6.41. The van der Waals surface area contributed by atoms with E-state index >= 15 is 0 Å². The number of hydrogen-bond donors (Lipinski definition) is 2. The molecule has 1 aliphatic heterocycles. The monoisotopic (exact) mass is 269 g/mol. The Labute approximate surface area is 113 Å². The molecule has 3 nitrogen and oxygen atoms in total. The van der Waals surface area contributed by atoms with E-state index in [1.54, 1.807) is 0 Å². The second-order valence-electron chi connectivity index (χ2n) is 4.89. The van der Waals surface area contributed by atoms with Crippen LogP contribution in [0.4, 0.5) is 0 Å². The lowest BCUT2D eigenvalue weighted by molar-refractivity contribution is 0.362. The highest BCUT2D eigenvalue weighted by Gasteiger charge is 2.20. The normalized spacial score (nSPS) is 19.8. The number of phenols is 1. The van der Waals surface area contributed by atoms with Gasteiger partial charge in [-0.15, -0.1) is 0 Å². The molecule has 1 aromatic rings. The third-order valence-electron chi connectivity index (χ3n) is 3.60. The molecule has 1 unspecified atom stereocenters. The average molecular weight is 270 g/mol. The first-order valence-corrected chi connectivity index (χ1v) is 6.79. The van der Waals surface area contributed by atoms with Crippen molar-refractivity contribution in [2.45, 2.75) is 38.6 Å². The average Bonchev–Trinajstić information content (AvgIpc) is 2.36. The van der Waals surface area contributed by atoms with Gasteiger partial charge in [-0.1, -0.05) is 18.0 Å². The zero-order valence-corrected chi connectivity index (χ0v) is 11.7. The van der Waals surface area contributed by atoms with Gasteiger partial charge in [0.15, 0.2) is 11.5 Å². The van der Waals surface area contributed by atoms with Gasteiger partial charge in [0.2, 0.25) is 0 Å². The van der Waals surface area contributed by atoms with Gasteiger partial charge in [0, 0.05) is 11.6 Å². The molecule has 1 aromatic carbocycles. The predicted octanol–water partition coefficient (Wildman–Crippen LogP) is 3.05. The van der Waals surface area contributed by atoms with Gasteiger partial charge in [0.05, 0.1) is 12.1 Å². The maximum absolute atomic E-state index is 10.2. The van der Waals surface area contributed by atoms with Crippen LogP contribution in [-0.2, 0) is 6.42 Å². The summed E-state index contributed by atoms with van der Waals surface area (Å²) in [5, 5.41) is 14.2. The number of methoxy groups -OCH3 is 1. The summed E-state index contributed by atoms with van der Waals surface area (Å²) in [4.78, 5) is 0. The number of piperidine rings is 1. The third kappa shape index (κ3) is 2.73. The summed E-state index contributed by atoms with van der Waals surface area (Å²) in [6, 6.07) is 2.30. The lowest BCUT2D eigenvalue weighted by atomic mass is 9.94. The molecule has 0 bridgehead atoms. The van der Waals surface area contributed by atoms with Crippen LogP contribution in [0.5, 0.6) is 11.5 Å². The molecule has 0 aromatic heterocycles. The van der Waals surface area contributed by atoms with Crippen molar-refractivity contribution in [3.05, 3.63) is 22.2 Å². The van der Waals surface area contributed by atoms with Gasteiger partial charge in [0.1, 0.15) is 0 Å². The van der Waals surface area contributed by atoms with Crippen LogP contribution in [0.1, 0.15) is 30.4 Å². The molecule has 0 saturated carbocycles. The van der Waals surface area contributed by atoms with Crippen LogP contribution < -0.4 is 10.1 Å². The van der Waals surface area contributed by atoms with Gasteiger partial charge in [-0.2, -0.15) is 0 Å². The van der Waals surface area contributed by atoms with Gasteiger partial charge < -0.3 is 15.2 Å². The van der Waals surface area contributed by atoms with Crippen LogP contribution in [0.2, 0.25) is 5.02 Å². The van der Waals surface area contributed by atoms with Crippen LogP contribution in [-0.4, -0.2) is 24.8 Å². The second-order valence-corrected chi connectivity index (χ2v) is 5.29. The minimum Gasteiger partial charge on any atom is -0.504 e. The van der Waals surface area contributed by atoms with Crippen LogP contribution in [0.15, 0.2) is 6.07 Å². The Morgan fingerprint density at radius 3 is 2.89 bits per heavy atom. The number of benzene rings is 1. The van der Waals surface area contributed by atoms with Crippen LogP contribution in [0.3, 0.4) is 0 Å². The minimum atomic E-state index is 0.190. The summed E-state index contributed by atoms with van der Waals surface area (Å²) < 4.78 is 5.16. The van der Waals surface area contributed by atoms with E-state index < -0.39 is 0 Å². The molecule has 0 amide bonds. The number of halogens is 1. The molecule has 18 heavy (non-hydrogen) atoms. The number of ether oxygens (including phenoxy) is 1. The van der Waals surface area contributed by atoms with E-state index in [1.165, 1.54) is 20.0 Å². The number of rotatable bonds is 3. The van der Waals surface area contributed by atoms with E-state index in [-0.39, 0.29) is 5.75 Å². The largest absolute Gasteiger partial charge is 0.504 e. The van der Waals surface area contributed by atoms with Crippen LogP contribution in [0.25, 0.3) is 0 Å². The van der Waals surface area contributed by atoms with Crippen molar-refractivity contribution in [1.82, 2.24) is 5.32 Å². The molecule has 100 valence electrons. The number of aromatic hydroxyl groups is 1. The van der Waals surface area contributed by atoms with E-state index in [0.29, 0.717) is 16.8 Å². The fourth-order valence-corrected chi connectivity index (χ4v) is 2.91. The van der Waals surface area contributed by atoms with Crippen molar-refractivity contribution in [1.29, 1.82) is 0 Å². The third-order valence-corrected chi connectivity index (χ3v) is 3.88. The van der Waals surface area contributed by atoms with E-state index in [1.807, 2.05) is 13.0 Å². The molecule has 0 aliphatic carbocycles. The summed E-state index contributed by atoms with van der Waals surface area (Å²) in [5.74, 6) is 0.572. The molecule has 1 fully saturated rings. The van der Waals surface area contributed by atoms with E-state index in [0.717, 1.165) is 30.5 Å². The summed E-state index contributed by atoms with van der Waals surface area (Å²) >= 11 is 6.05. The number of phenolic OH excluding ortho intramolecular Hbond substituents is 1. The molecule has 0 spiro atoms. The zero-order chi connectivity index (χ0) is 13.1. The molecule has 1 aliphatic rings. The summed E-state index contributed by atoms with van der Waals surface area (Å²) in [5.41, 5.74) is 1.96. The van der Waals surface area contributed by atoms with Gasteiger partial charge >= 0.3 is 0 Å². The highest BCUT2D eigenvalue weighted by molar-refractivity contribution is 6.32. The Bertz CT molecular complexity index is 428. The Hall–Kier alpha value is -0.930. The summed E-state index contributed by atoms with van der Waals surface area (Å²) in [6.07, 6.45) is 4.47. The van der Waals surface area contributed by atoms with Crippen LogP contribution in [0, 0.1) is 6.92 Å². The quantitative estimate of drug-likeness (QED) is 0.886. The Morgan fingerprint density at radius 2 is 2.28 bits per heavy atom. The smallest absolute Gasteiger partial charge is 0.179 e. The van der Waals surface area contributed by atoms with Gasteiger partial charge in [-0.3, -0.25) is 0 Å². The predicted molar refractivity (Wildman–Crippen MR) is 73.8 cm³/mol.